The van der Waals surface area contributed by atoms with Crippen molar-refractivity contribution in [3.63, 3.8) is 0 Å². The molecule has 0 bridgehead atoms. The number of nitrogens with zero attached hydrogens (tertiary/aromatic N) is 1. The van der Waals surface area contributed by atoms with Crippen molar-refractivity contribution in [2.24, 2.45) is 5.73 Å². The highest BCUT2D eigenvalue weighted by Crippen LogP contribution is 2.17. The van der Waals surface area contributed by atoms with Crippen LogP contribution >= 0.6 is 0 Å². The summed E-state index contributed by atoms with van der Waals surface area (Å²) in [5.74, 6) is 0.854. The lowest BCUT2D eigenvalue weighted by Gasteiger charge is -2.11. The maximum absolute atomic E-state index is 5.83. The van der Waals surface area contributed by atoms with Crippen LogP contribution in [0, 0.1) is 6.92 Å². The Kier molecular flexibility index (Phi) is 4.93. The quantitative estimate of drug-likeness (QED) is 0.864. The van der Waals surface area contributed by atoms with Crippen LogP contribution in [0.25, 0.3) is 0 Å². The first kappa shape index (κ1) is 13.6. The van der Waals surface area contributed by atoms with E-state index in [0.717, 1.165) is 30.0 Å². The van der Waals surface area contributed by atoms with Gasteiger partial charge in [-0.25, -0.2) is 0 Å². The largest absolute Gasteiger partial charge is 0.491 e. The molecule has 1 aromatic carbocycles. The zero-order valence-corrected chi connectivity index (χ0v) is 11.3. The van der Waals surface area contributed by atoms with Crippen molar-refractivity contribution < 1.29 is 4.74 Å². The van der Waals surface area contributed by atoms with Crippen LogP contribution in [0.2, 0.25) is 0 Å². The second-order valence-corrected chi connectivity index (χ2v) is 4.52. The highest BCUT2D eigenvalue weighted by Gasteiger charge is 2.05. The van der Waals surface area contributed by atoms with Gasteiger partial charge in [-0.3, -0.25) is 4.98 Å². The lowest BCUT2D eigenvalue weighted by atomic mass is 10.2. The summed E-state index contributed by atoms with van der Waals surface area (Å²) >= 11 is 0. The molecule has 1 aromatic heterocycles. The van der Waals surface area contributed by atoms with Gasteiger partial charge in [0.05, 0.1) is 12.3 Å². The zero-order chi connectivity index (χ0) is 13.5. The lowest BCUT2D eigenvalue weighted by molar-refractivity contribution is 0.316. The molecule has 0 spiro atoms. The molecule has 100 valence electrons. The third-order valence-electron chi connectivity index (χ3n) is 2.94. The van der Waals surface area contributed by atoms with Crippen molar-refractivity contribution in [3.05, 3.63) is 59.4 Å². The standard InChI is InChI=1S/C16H20N2O/c1-13-7-8-16(15(18-13)9-11-17)19-12-10-14-5-3-2-4-6-14/h2-8H,9-12,17H2,1H3. The van der Waals surface area contributed by atoms with Gasteiger partial charge in [0.15, 0.2) is 0 Å². The van der Waals surface area contributed by atoms with E-state index < -0.39 is 0 Å². The predicted octanol–water partition coefficient (Wildman–Crippen LogP) is 2.51. The van der Waals surface area contributed by atoms with Crippen LogP contribution in [-0.4, -0.2) is 18.1 Å². The van der Waals surface area contributed by atoms with Crippen molar-refractivity contribution in [2.45, 2.75) is 19.8 Å². The second-order valence-electron chi connectivity index (χ2n) is 4.52. The third-order valence-corrected chi connectivity index (χ3v) is 2.94. The van der Waals surface area contributed by atoms with Crippen molar-refractivity contribution in [2.75, 3.05) is 13.2 Å². The summed E-state index contributed by atoms with van der Waals surface area (Å²) in [4.78, 5) is 4.48. The molecule has 2 N–H and O–H groups in total. The van der Waals surface area contributed by atoms with Gasteiger partial charge in [0.1, 0.15) is 5.75 Å². The fourth-order valence-electron chi connectivity index (χ4n) is 1.97. The van der Waals surface area contributed by atoms with Crippen LogP contribution in [0.15, 0.2) is 42.5 Å². The van der Waals surface area contributed by atoms with Crippen LogP contribution in [0.1, 0.15) is 17.0 Å². The van der Waals surface area contributed by atoms with Crippen LogP contribution in [0.4, 0.5) is 0 Å². The van der Waals surface area contributed by atoms with Gasteiger partial charge in [-0.05, 0) is 31.2 Å². The SMILES string of the molecule is Cc1ccc(OCCc2ccccc2)c(CCN)n1. The molecule has 19 heavy (non-hydrogen) atoms. The minimum atomic E-state index is 0.589. The van der Waals surface area contributed by atoms with E-state index in [1.165, 1.54) is 5.56 Å². The van der Waals surface area contributed by atoms with E-state index >= 15 is 0 Å². The molecule has 2 aromatic rings. The summed E-state index contributed by atoms with van der Waals surface area (Å²) in [6.45, 7) is 3.23. The van der Waals surface area contributed by atoms with Gasteiger partial charge in [-0.15, -0.1) is 0 Å². The van der Waals surface area contributed by atoms with Gasteiger partial charge in [-0.1, -0.05) is 30.3 Å². The zero-order valence-electron chi connectivity index (χ0n) is 11.3. The maximum atomic E-state index is 5.83. The summed E-state index contributed by atoms with van der Waals surface area (Å²) in [6, 6.07) is 14.3. The predicted molar refractivity (Wildman–Crippen MR) is 77.4 cm³/mol. The van der Waals surface area contributed by atoms with E-state index in [1.54, 1.807) is 0 Å². The summed E-state index contributed by atoms with van der Waals surface area (Å²) < 4.78 is 5.83. The van der Waals surface area contributed by atoms with Crippen molar-refractivity contribution in [1.82, 2.24) is 4.98 Å². The highest BCUT2D eigenvalue weighted by atomic mass is 16.5. The van der Waals surface area contributed by atoms with E-state index in [4.69, 9.17) is 10.5 Å². The molecule has 0 fully saturated rings. The molecular weight excluding hydrogens is 236 g/mol. The molecular formula is C16H20N2O. The molecule has 1 heterocycles. The molecule has 0 atom stereocenters. The number of pyridine rings is 1. The van der Waals surface area contributed by atoms with Gasteiger partial charge in [-0.2, -0.15) is 0 Å². The van der Waals surface area contributed by atoms with Crippen LogP contribution in [0.3, 0.4) is 0 Å². The summed E-state index contributed by atoms with van der Waals surface area (Å²) in [5, 5.41) is 0. The number of aryl methyl sites for hydroxylation is 1. The molecule has 0 saturated heterocycles. The van der Waals surface area contributed by atoms with E-state index in [9.17, 15) is 0 Å². The summed E-state index contributed by atoms with van der Waals surface area (Å²) in [6.07, 6.45) is 1.65. The fraction of sp³-hybridized carbons (Fsp3) is 0.312. The molecule has 0 unspecified atom stereocenters. The van der Waals surface area contributed by atoms with Crippen molar-refractivity contribution in [3.8, 4) is 5.75 Å². The molecule has 0 saturated carbocycles. The molecule has 0 aliphatic rings. The van der Waals surface area contributed by atoms with Gasteiger partial charge >= 0.3 is 0 Å². The first-order chi connectivity index (χ1) is 9.29. The number of nitrogens with two attached hydrogens (primary N) is 1. The Bertz CT molecular complexity index is 511. The molecule has 0 aliphatic heterocycles. The Labute approximate surface area is 114 Å². The van der Waals surface area contributed by atoms with Crippen LogP contribution in [-0.2, 0) is 12.8 Å². The van der Waals surface area contributed by atoms with Crippen LogP contribution < -0.4 is 10.5 Å². The molecule has 0 amide bonds. The van der Waals surface area contributed by atoms with Crippen molar-refractivity contribution >= 4 is 0 Å². The van der Waals surface area contributed by atoms with Gasteiger partial charge in [0.2, 0.25) is 0 Å². The van der Waals surface area contributed by atoms with E-state index in [2.05, 4.69) is 17.1 Å². The Morgan fingerprint density at radius 2 is 1.84 bits per heavy atom. The Hall–Kier alpha value is -1.87. The number of aromatic nitrogens is 1. The van der Waals surface area contributed by atoms with Crippen molar-refractivity contribution in [1.29, 1.82) is 0 Å². The topological polar surface area (TPSA) is 48.1 Å². The fourth-order valence-corrected chi connectivity index (χ4v) is 1.97. The normalized spacial score (nSPS) is 10.4. The average Bonchev–Trinajstić information content (AvgIpc) is 2.43. The smallest absolute Gasteiger partial charge is 0.140 e. The number of rotatable bonds is 6. The Morgan fingerprint density at radius 1 is 1.05 bits per heavy atom. The number of ether oxygens (including phenoxy) is 1. The first-order valence-electron chi connectivity index (χ1n) is 6.63. The molecule has 0 aliphatic carbocycles. The summed E-state index contributed by atoms with van der Waals surface area (Å²) in [5.41, 5.74) is 8.84. The highest BCUT2D eigenvalue weighted by molar-refractivity contribution is 5.29. The minimum absolute atomic E-state index is 0.589. The summed E-state index contributed by atoms with van der Waals surface area (Å²) in [7, 11) is 0. The Balaban J connectivity index is 1.95. The lowest BCUT2D eigenvalue weighted by Crippen LogP contribution is -2.09. The van der Waals surface area contributed by atoms with Gasteiger partial charge in [0.25, 0.3) is 0 Å². The molecule has 3 nitrogen and oxygen atoms in total. The van der Waals surface area contributed by atoms with Gasteiger partial charge < -0.3 is 10.5 Å². The monoisotopic (exact) mass is 256 g/mol. The first-order valence-corrected chi connectivity index (χ1v) is 6.63. The molecule has 3 heteroatoms. The van der Waals surface area contributed by atoms with E-state index in [1.807, 2.05) is 37.3 Å². The third kappa shape index (κ3) is 4.07. The number of hydrogen-bond acceptors (Lipinski definition) is 3. The molecule has 2 rings (SSSR count). The minimum Gasteiger partial charge on any atom is -0.491 e. The van der Waals surface area contributed by atoms with E-state index in [0.29, 0.717) is 13.2 Å². The second kappa shape index (κ2) is 6.90. The number of hydrogen-bond donors (Lipinski definition) is 1. The van der Waals surface area contributed by atoms with E-state index in [-0.39, 0.29) is 0 Å². The maximum Gasteiger partial charge on any atom is 0.140 e. The average molecular weight is 256 g/mol. The van der Waals surface area contributed by atoms with Crippen LogP contribution in [0.5, 0.6) is 5.75 Å². The molecule has 0 radical (unpaired) electrons. The van der Waals surface area contributed by atoms with Gasteiger partial charge in [0, 0.05) is 18.5 Å². The number of benzene rings is 1. The Morgan fingerprint density at radius 3 is 2.58 bits per heavy atom.